The van der Waals surface area contributed by atoms with E-state index in [0.29, 0.717) is 12.0 Å². The van der Waals surface area contributed by atoms with Gasteiger partial charge in [0.2, 0.25) is 11.8 Å². The lowest BCUT2D eigenvalue weighted by molar-refractivity contribution is -0.146. The Kier molecular flexibility index (Phi) is 10.6. The highest BCUT2D eigenvalue weighted by atomic mass is 16.6. The minimum absolute atomic E-state index is 0.179. The topological polar surface area (TPSA) is 87.7 Å². The molecule has 0 heterocycles. The van der Waals surface area contributed by atoms with Crippen LogP contribution in [0.4, 0.5) is 4.79 Å². The molecule has 0 fully saturated rings. The van der Waals surface area contributed by atoms with E-state index in [1.54, 1.807) is 31.7 Å². The second-order valence-electron chi connectivity index (χ2n) is 11.4. The molecule has 0 saturated carbocycles. The van der Waals surface area contributed by atoms with E-state index in [2.05, 4.69) is 17.2 Å². The highest BCUT2D eigenvalue weighted by Crippen LogP contribution is 2.28. The van der Waals surface area contributed by atoms with E-state index in [0.717, 1.165) is 5.56 Å². The molecule has 0 spiro atoms. The Morgan fingerprint density at radius 3 is 2.14 bits per heavy atom. The monoisotopic (exact) mass is 487 g/mol. The average Bonchev–Trinajstić information content (AvgIpc) is 2.71. The zero-order valence-electron chi connectivity index (χ0n) is 23.2. The van der Waals surface area contributed by atoms with E-state index in [9.17, 15) is 14.4 Å². The lowest BCUT2D eigenvalue weighted by Crippen LogP contribution is -2.58. The van der Waals surface area contributed by atoms with Gasteiger partial charge in [-0.15, -0.1) is 0 Å². The molecule has 0 aliphatic rings. The molecule has 7 nitrogen and oxygen atoms in total. The summed E-state index contributed by atoms with van der Waals surface area (Å²) in [5.41, 5.74) is 0.316. The summed E-state index contributed by atoms with van der Waals surface area (Å²) in [6.07, 6.45) is 1.70. The Hall–Kier alpha value is -2.83. The quantitative estimate of drug-likeness (QED) is 0.484. The van der Waals surface area contributed by atoms with Crippen molar-refractivity contribution in [2.45, 2.75) is 105 Å². The van der Waals surface area contributed by atoms with Crippen molar-refractivity contribution >= 4 is 24.0 Å². The van der Waals surface area contributed by atoms with Crippen LogP contribution in [0.3, 0.4) is 0 Å². The number of amides is 3. The summed E-state index contributed by atoms with van der Waals surface area (Å²) in [6.45, 7) is 22.4. The summed E-state index contributed by atoms with van der Waals surface area (Å²) >= 11 is 0. The van der Waals surface area contributed by atoms with Crippen LogP contribution in [0.15, 0.2) is 30.8 Å². The van der Waals surface area contributed by atoms with Crippen LogP contribution in [0.1, 0.15) is 92.8 Å². The fraction of sp³-hybridized carbons (Fsp3) is 0.607. The van der Waals surface area contributed by atoms with E-state index in [4.69, 9.17) is 4.74 Å². The minimum atomic E-state index is -0.895. The number of ether oxygens (including phenoxy) is 1. The molecular formula is C28H45N3O4. The first-order valence-corrected chi connectivity index (χ1v) is 12.4. The van der Waals surface area contributed by atoms with Gasteiger partial charge in [0.05, 0.1) is 0 Å². The summed E-state index contributed by atoms with van der Waals surface area (Å²) in [7, 11) is 0. The van der Waals surface area contributed by atoms with Crippen LogP contribution in [0.2, 0.25) is 0 Å². The van der Waals surface area contributed by atoms with Gasteiger partial charge in [0.15, 0.2) is 0 Å². The average molecular weight is 488 g/mol. The third-order valence-corrected chi connectivity index (χ3v) is 5.45. The molecule has 0 aliphatic carbocycles. The third-order valence-electron chi connectivity index (χ3n) is 5.45. The van der Waals surface area contributed by atoms with E-state index in [1.807, 2.05) is 72.7 Å². The first kappa shape index (κ1) is 30.2. The normalized spacial score (nSPS) is 14.5. The molecule has 3 atom stereocenters. The maximum Gasteiger partial charge on any atom is 0.408 e. The minimum Gasteiger partial charge on any atom is -0.444 e. The summed E-state index contributed by atoms with van der Waals surface area (Å²) in [5, 5.41) is 5.80. The SMILES string of the molecule is C=Cc1cccc(C(C(=O)NC(C)(C)C)N(C(=O)C(NC(=O)OC(C)(C)C)C(C)CC)C(C)C)c1. The number of carbonyl (C=O) groups is 3. The van der Waals surface area contributed by atoms with E-state index < -0.39 is 29.3 Å². The van der Waals surface area contributed by atoms with Gasteiger partial charge in [-0.05, 0) is 78.5 Å². The predicted molar refractivity (Wildman–Crippen MR) is 142 cm³/mol. The van der Waals surface area contributed by atoms with Gasteiger partial charge < -0.3 is 20.3 Å². The molecule has 3 amide bonds. The Morgan fingerprint density at radius 2 is 1.69 bits per heavy atom. The second kappa shape index (κ2) is 12.2. The van der Waals surface area contributed by atoms with Crippen molar-refractivity contribution in [1.82, 2.24) is 15.5 Å². The van der Waals surface area contributed by atoms with Crippen molar-refractivity contribution < 1.29 is 19.1 Å². The zero-order chi connectivity index (χ0) is 27.1. The highest BCUT2D eigenvalue weighted by molar-refractivity contribution is 5.92. The van der Waals surface area contributed by atoms with E-state index >= 15 is 0 Å². The van der Waals surface area contributed by atoms with Gasteiger partial charge in [0, 0.05) is 11.6 Å². The molecule has 196 valence electrons. The number of hydrogen-bond acceptors (Lipinski definition) is 4. The zero-order valence-corrected chi connectivity index (χ0v) is 23.2. The number of rotatable bonds is 9. The first-order valence-electron chi connectivity index (χ1n) is 12.4. The van der Waals surface area contributed by atoms with Gasteiger partial charge >= 0.3 is 6.09 Å². The summed E-state index contributed by atoms with van der Waals surface area (Å²) in [6, 6.07) is 5.36. The van der Waals surface area contributed by atoms with E-state index in [1.165, 1.54) is 0 Å². The Labute approximate surface area is 211 Å². The van der Waals surface area contributed by atoms with Gasteiger partial charge in [-0.25, -0.2) is 4.79 Å². The molecule has 3 unspecified atom stereocenters. The third kappa shape index (κ3) is 9.38. The predicted octanol–water partition coefficient (Wildman–Crippen LogP) is 5.46. The van der Waals surface area contributed by atoms with Crippen LogP contribution < -0.4 is 10.6 Å². The van der Waals surface area contributed by atoms with Crippen molar-refractivity contribution in [2.75, 3.05) is 0 Å². The summed E-state index contributed by atoms with van der Waals surface area (Å²) < 4.78 is 5.43. The van der Waals surface area contributed by atoms with Gasteiger partial charge in [0.1, 0.15) is 17.7 Å². The fourth-order valence-corrected chi connectivity index (χ4v) is 3.69. The number of carbonyl (C=O) groups excluding carboxylic acids is 3. The molecule has 2 N–H and O–H groups in total. The Bertz CT molecular complexity index is 896. The molecule has 0 saturated heterocycles. The van der Waals surface area contributed by atoms with Crippen molar-refractivity contribution in [2.24, 2.45) is 5.92 Å². The number of hydrogen-bond donors (Lipinski definition) is 2. The van der Waals surface area contributed by atoms with Gasteiger partial charge in [-0.1, -0.05) is 51.1 Å². The molecule has 1 aromatic rings. The number of nitrogens with one attached hydrogen (secondary N) is 2. The second-order valence-corrected chi connectivity index (χ2v) is 11.4. The maximum atomic E-state index is 14.1. The molecule has 0 aromatic heterocycles. The lowest BCUT2D eigenvalue weighted by atomic mass is 9.94. The summed E-state index contributed by atoms with van der Waals surface area (Å²) in [5.74, 6) is -0.804. The van der Waals surface area contributed by atoms with Crippen LogP contribution >= 0.6 is 0 Å². The van der Waals surface area contributed by atoms with E-state index in [-0.39, 0.29) is 23.8 Å². The standard InChI is InChI=1S/C28H45N3O4/c1-12-19(5)22(29-26(34)35-28(9,10)11)25(33)31(18(3)4)23(24(32)30-27(6,7)8)21-16-14-15-20(13-2)17-21/h13-19,22-23H,2,12H2,1,3-11H3,(H,29,34)(H,30,32). The molecular weight excluding hydrogens is 442 g/mol. The van der Waals surface area contributed by atoms with Crippen molar-refractivity contribution in [3.8, 4) is 0 Å². The van der Waals surface area contributed by atoms with Crippen molar-refractivity contribution in [3.05, 3.63) is 42.0 Å². The van der Waals surface area contributed by atoms with Gasteiger partial charge in [0.25, 0.3) is 0 Å². The molecule has 7 heteroatoms. The van der Waals surface area contributed by atoms with Crippen LogP contribution in [0, 0.1) is 5.92 Å². The molecule has 0 aliphatic heterocycles. The number of alkyl carbamates (subject to hydrolysis) is 1. The molecule has 0 radical (unpaired) electrons. The fourth-order valence-electron chi connectivity index (χ4n) is 3.69. The highest BCUT2D eigenvalue weighted by Gasteiger charge is 2.40. The Morgan fingerprint density at radius 1 is 1.09 bits per heavy atom. The van der Waals surface area contributed by atoms with Crippen molar-refractivity contribution in [3.63, 3.8) is 0 Å². The molecule has 0 bridgehead atoms. The maximum absolute atomic E-state index is 14.1. The van der Waals surface area contributed by atoms with Crippen LogP contribution in [0.5, 0.6) is 0 Å². The van der Waals surface area contributed by atoms with Crippen LogP contribution in [-0.2, 0) is 14.3 Å². The van der Waals surface area contributed by atoms with Crippen molar-refractivity contribution in [1.29, 1.82) is 0 Å². The number of nitrogens with zero attached hydrogens (tertiary/aromatic N) is 1. The number of benzene rings is 1. The Balaban J connectivity index is 3.57. The summed E-state index contributed by atoms with van der Waals surface area (Å²) in [4.78, 5) is 41.9. The molecule has 1 aromatic carbocycles. The smallest absolute Gasteiger partial charge is 0.408 e. The first-order chi connectivity index (χ1) is 16.0. The van der Waals surface area contributed by atoms with Crippen LogP contribution in [0.25, 0.3) is 6.08 Å². The molecule has 1 rings (SSSR count). The van der Waals surface area contributed by atoms with Gasteiger partial charge in [-0.2, -0.15) is 0 Å². The molecule has 35 heavy (non-hydrogen) atoms. The van der Waals surface area contributed by atoms with Gasteiger partial charge in [-0.3, -0.25) is 9.59 Å². The largest absolute Gasteiger partial charge is 0.444 e. The van der Waals surface area contributed by atoms with Crippen LogP contribution in [-0.4, -0.2) is 46.0 Å². The lowest BCUT2D eigenvalue weighted by Gasteiger charge is -2.39.